The van der Waals surface area contributed by atoms with Gasteiger partial charge in [-0.05, 0) is 42.7 Å². The second-order valence-electron chi connectivity index (χ2n) is 5.81. The smallest absolute Gasteiger partial charge is 0.744 e. The fourth-order valence-corrected chi connectivity index (χ4v) is 3.17. The Balaban J connectivity index is 0.00000312. The molecule has 25 heavy (non-hydrogen) atoms. The molecule has 2 aromatic rings. The van der Waals surface area contributed by atoms with Crippen molar-refractivity contribution in [3.8, 4) is 11.5 Å². The van der Waals surface area contributed by atoms with E-state index < -0.39 is 10.1 Å². The van der Waals surface area contributed by atoms with Crippen LogP contribution in [0.2, 0.25) is 0 Å². The summed E-state index contributed by atoms with van der Waals surface area (Å²) in [5, 5.41) is 0. The van der Waals surface area contributed by atoms with Crippen molar-refractivity contribution < 1.29 is 69.1 Å². The number of hydrogen-bond acceptors (Lipinski definition) is 4. The summed E-state index contributed by atoms with van der Waals surface area (Å²) in [6.07, 6.45) is 7.03. The fraction of sp³-hybridized carbons (Fsp3) is 0.368. The van der Waals surface area contributed by atoms with Gasteiger partial charge in [-0.15, -0.1) is 0 Å². The first kappa shape index (κ1) is 22.8. The Morgan fingerprint density at radius 2 is 1.68 bits per heavy atom. The van der Waals surface area contributed by atoms with Crippen LogP contribution in [0, 0.1) is 0 Å². The van der Waals surface area contributed by atoms with Crippen molar-refractivity contribution in [3.05, 3.63) is 54.1 Å². The van der Waals surface area contributed by atoms with Crippen molar-refractivity contribution in [1.82, 2.24) is 0 Å². The Labute approximate surface area is 193 Å². The van der Waals surface area contributed by atoms with Crippen LogP contribution in [-0.4, -0.2) is 13.0 Å². The summed E-state index contributed by atoms with van der Waals surface area (Å²) in [5.74, 6) is 0.602. The molecule has 0 radical (unpaired) electrons. The average molecular weight is 387 g/mol. The number of aryl methyl sites for hydroxylation is 1. The first-order valence-electron chi connectivity index (χ1n) is 8.32. The zero-order chi connectivity index (χ0) is 17.4. The van der Waals surface area contributed by atoms with E-state index in [-0.39, 0.29) is 62.0 Å². The van der Waals surface area contributed by atoms with E-state index in [9.17, 15) is 13.0 Å². The van der Waals surface area contributed by atoms with Crippen molar-refractivity contribution in [3.63, 3.8) is 0 Å². The molecule has 0 bridgehead atoms. The van der Waals surface area contributed by atoms with Gasteiger partial charge >= 0.3 is 51.4 Å². The van der Waals surface area contributed by atoms with Gasteiger partial charge in [0, 0.05) is 0 Å². The molecule has 4 nitrogen and oxygen atoms in total. The molecule has 0 aliphatic rings. The van der Waals surface area contributed by atoms with Gasteiger partial charge in [-0.3, -0.25) is 0 Å². The molecule has 0 saturated heterocycles. The molecule has 0 spiro atoms. The quantitative estimate of drug-likeness (QED) is 0.375. The number of unbranched alkanes of at least 4 members (excludes halogenated alkanes) is 4. The number of hydrogen-bond donors (Lipinski definition) is 0. The molecule has 0 atom stereocenters. The van der Waals surface area contributed by atoms with Crippen LogP contribution in [0.3, 0.4) is 0 Å². The largest absolute Gasteiger partial charge is 1.00 e. The molecular formula is C19H23KO4S. The van der Waals surface area contributed by atoms with Gasteiger partial charge in [0.15, 0.2) is 0 Å². The summed E-state index contributed by atoms with van der Waals surface area (Å²) in [6, 6.07) is 13.5. The van der Waals surface area contributed by atoms with Crippen molar-refractivity contribution in [1.29, 1.82) is 0 Å². The molecule has 0 aliphatic heterocycles. The fourth-order valence-electron chi connectivity index (χ4n) is 2.57. The first-order chi connectivity index (χ1) is 11.5. The molecule has 0 N–H and O–H groups in total. The second kappa shape index (κ2) is 11.5. The van der Waals surface area contributed by atoms with Crippen molar-refractivity contribution in [2.45, 2.75) is 50.3 Å². The Bertz CT molecular complexity index is 760. The van der Waals surface area contributed by atoms with Gasteiger partial charge in [-0.2, -0.15) is 0 Å². The molecule has 0 heterocycles. The number of para-hydroxylation sites is 1. The summed E-state index contributed by atoms with van der Waals surface area (Å²) >= 11 is 0. The molecule has 0 amide bonds. The van der Waals surface area contributed by atoms with Crippen LogP contribution in [0.1, 0.15) is 44.6 Å². The van der Waals surface area contributed by atoms with Gasteiger partial charge < -0.3 is 9.29 Å². The maximum Gasteiger partial charge on any atom is 1.00 e. The molecule has 2 aromatic carbocycles. The van der Waals surface area contributed by atoms with Crippen LogP contribution in [0.15, 0.2) is 53.4 Å². The summed E-state index contributed by atoms with van der Waals surface area (Å²) < 4.78 is 39.6. The summed E-state index contributed by atoms with van der Waals surface area (Å²) in [6.45, 7) is 2.20. The zero-order valence-corrected chi connectivity index (χ0v) is 18.8. The minimum atomic E-state index is -4.56. The van der Waals surface area contributed by atoms with Gasteiger partial charge in [0.2, 0.25) is 0 Å². The molecule has 2 rings (SSSR count). The predicted octanol–water partition coefficient (Wildman–Crippen LogP) is 1.90. The molecule has 0 fully saturated rings. The molecule has 6 heteroatoms. The van der Waals surface area contributed by atoms with Gasteiger partial charge in [0.1, 0.15) is 21.6 Å². The van der Waals surface area contributed by atoms with E-state index in [1.165, 1.54) is 43.9 Å². The molecule has 0 unspecified atom stereocenters. The molecule has 0 aliphatic carbocycles. The molecule has 130 valence electrons. The van der Waals surface area contributed by atoms with Crippen LogP contribution in [0.5, 0.6) is 11.5 Å². The minimum Gasteiger partial charge on any atom is -0.744 e. The van der Waals surface area contributed by atoms with Crippen LogP contribution in [-0.2, 0) is 16.5 Å². The van der Waals surface area contributed by atoms with Crippen molar-refractivity contribution in [2.24, 2.45) is 0 Å². The van der Waals surface area contributed by atoms with Crippen LogP contribution >= 0.6 is 0 Å². The Morgan fingerprint density at radius 1 is 0.960 bits per heavy atom. The average Bonchev–Trinajstić information content (AvgIpc) is 2.54. The molecule has 0 aromatic heterocycles. The van der Waals surface area contributed by atoms with E-state index in [0.29, 0.717) is 5.75 Å². The van der Waals surface area contributed by atoms with Crippen LogP contribution < -0.4 is 56.1 Å². The van der Waals surface area contributed by atoms with E-state index in [1.807, 2.05) is 18.2 Å². The van der Waals surface area contributed by atoms with Crippen molar-refractivity contribution in [2.75, 3.05) is 0 Å². The third-order valence-electron chi connectivity index (χ3n) is 3.81. The summed E-state index contributed by atoms with van der Waals surface area (Å²) in [7, 11) is -4.56. The Morgan fingerprint density at radius 3 is 2.40 bits per heavy atom. The number of benzene rings is 2. The predicted molar refractivity (Wildman–Crippen MR) is 93.4 cm³/mol. The standard InChI is InChI=1S/C19H24O4S.K/c1-2-3-4-5-6-10-16-11-9-12-17(15-16)23-18-13-7-8-14-19(18)24(20,21)22;/h7-9,11-15H,2-6,10H2,1H3,(H,20,21,22);/q;+1/p-1. The van der Waals surface area contributed by atoms with Crippen LogP contribution in [0.4, 0.5) is 0 Å². The number of ether oxygens (including phenoxy) is 1. The SMILES string of the molecule is CCCCCCCc1cccc(Oc2ccccc2S(=O)(=O)[O-])c1.[K+]. The van der Waals surface area contributed by atoms with E-state index in [0.717, 1.165) is 18.4 Å². The minimum absolute atomic E-state index is 0. The number of rotatable bonds is 9. The Hall–Kier alpha value is -0.214. The first-order valence-corrected chi connectivity index (χ1v) is 9.73. The summed E-state index contributed by atoms with van der Waals surface area (Å²) in [5.41, 5.74) is 1.14. The van der Waals surface area contributed by atoms with E-state index in [4.69, 9.17) is 4.74 Å². The second-order valence-corrected chi connectivity index (χ2v) is 7.16. The normalized spacial score (nSPS) is 11.0. The monoisotopic (exact) mass is 386 g/mol. The van der Waals surface area contributed by atoms with E-state index in [1.54, 1.807) is 12.1 Å². The van der Waals surface area contributed by atoms with Gasteiger partial charge in [0.05, 0.1) is 4.90 Å². The topological polar surface area (TPSA) is 66.4 Å². The third-order valence-corrected chi connectivity index (χ3v) is 4.69. The Kier molecular flexibility index (Phi) is 10.5. The zero-order valence-electron chi connectivity index (χ0n) is 14.9. The van der Waals surface area contributed by atoms with Gasteiger partial charge in [-0.1, -0.05) is 56.9 Å². The van der Waals surface area contributed by atoms with Crippen LogP contribution in [0.25, 0.3) is 0 Å². The maximum atomic E-state index is 11.3. The van der Waals surface area contributed by atoms with Gasteiger partial charge in [0.25, 0.3) is 0 Å². The summed E-state index contributed by atoms with van der Waals surface area (Å²) in [4.78, 5) is -0.338. The molecular weight excluding hydrogens is 363 g/mol. The third kappa shape index (κ3) is 7.91. The van der Waals surface area contributed by atoms with E-state index in [2.05, 4.69) is 6.92 Å². The molecule has 0 saturated carbocycles. The van der Waals surface area contributed by atoms with Crippen molar-refractivity contribution >= 4 is 10.1 Å². The van der Waals surface area contributed by atoms with E-state index >= 15 is 0 Å². The maximum absolute atomic E-state index is 11.3. The van der Waals surface area contributed by atoms with Gasteiger partial charge in [-0.25, -0.2) is 8.42 Å².